The normalized spacial score (nSPS) is 19.3. The molecule has 0 spiro atoms. The largest absolute Gasteiger partial charge is 0.370 e. The lowest BCUT2D eigenvalue weighted by molar-refractivity contribution is -0.131. The molecule has 5 heteroatoms. The Hall–Kier alpha value is -1.26. The molecule has 0 saturated carbocycles. The summed E-state index contributed by atoms with van der Waals surface area (Å²) in [7, 11) is 0. The average Bonchev–Trinajstić information content (AvgIpc) is 2.65. The van der Waals surface area contributed by atoms with Crippen LogP contribution in [-0.4, -0.2) is 41.4 Å². The fourth-order valence-corrected chi connectivity index (χ4v) is 1.88. The number of hydrogen-bond acceptors (Lipinski definition) is 2. The van der Waals surface area contributed by atoms with Gasteiger partial charge in [-0.15, -0.1) is 0 Å². The predicted octanol–water partition coefficient (Wildman–Crippen LogP) is 0.700. The molecule has 0 aliphatic carbocycles. The van der Waals surface area contributed by atoms with E-state index in [0.717, 1.165) is 25.9 Å². The minimum Gasteiger partial charge on any atom is -0.370 e. The third-order valence-electron chi connectivity index (χ3n) is 2.61. The van der Waals surface area contributed by atoms with E-state index < -0.39 is 6.04 Å². The first-order chi connectivity index (χ1) is 7.79. The highest BCUT2D eigenvalue weighted by atomic mass is 16.2. The van der Waals surface area contributed by atoms with Crippen molar-refractivity contribution in [3.05, 3.63) is 0 Å². The zero-order chi connectivity index (χ0) is 13.1. The average molecular weight is 240 g/mol. The number of amides is 1. The highest BCUT2D eigenvalue weighted by Crippen LogP contribution is 2.10. The fraction of sp³-hybridized carbons (Fsp3) is 0.833. The standard InChI is InChI=1S/C12H24N4O/c1-9(10(17)16-7-5-6-8-16)14-11(13)15-12(2,3)4/h9H,5-8H2,1-4H3,(H3,13,14,15). The second kappa shape index (κ2) is 5.38. The number of guanidine groups is 1. The lowest BCUT2D eigenvalue weighted by Crippen LogP contribution is -2.46. The number of nitrogens with two attached hydrogens (primary N) is 1. The maximum absolute atomic E-state index is 12.0. The molecule has 1 rings (SSSR count). The summed E-state index contributed by atoms with van der Waals surface area (Å²) in [4.78, 5) is 18.0. The van der Waals surface area contributed by atoms with E-state index in [-0.39, 0.29) is 11.4 Å². The van der Waals surface area contributed by atoms with Crippen LogP contribution in [0, 0.1) is 0 Å². The van der Waals surface area contributed by atoms with E-state index in [1.54, 1.807) is 6.92 Å². The van der Waals surface area contributed by atoms with Crippen molar-refractivity contribution in [1.29, 1.82) is 0 Å². The third kappa shape index (κ3) is 4.63. The van der Waals surface area contributed by atoms with Gasteiger partial charge in [-0.2, -0.15) is 0 Å². The first-order valence-electron chi connectivity index (χ1n) is 6.20. The number of nitrogens with one attached hydrogen (secondary N) is 1. The minimum absolute atomic E-state index is 0.0705. The monoisotopic (exact) mass is 240 g/mol. The van der Waals surface area contributed by atoms with E-state index in [1.165, 1.54) is 0 Å². The van der Waals surface area contributed by atoms with Crippen LogP contribution in [0.15, 0.2) is 4.99 Å². The number of rotatable bonds is 2. The molecule has 1 unspecified atom stereocenters. The van der Waals surface area contributed by atoms with Gasteiger partial charge in [0, 0.05) is 18.6 Å². The van der Waals surface area contributed by atoms with E-state index in [2.05, 4.69) is 10.3 Å². The van der Waals surface area contributed by atoms with Crippen LogP contribution >= 0.6 is 0 Å². The molecule has 1 atom stereocenters. The Morgan fingerprint density at radius 1 is 1.35 bits per heavy atom. The van der Waals surface area contributed by atoms with Crippen LogP contribution < -0.4 is 11.1 Å². The third-order valence-corrected chi connectivity index (χ3v) is 2.61. The van der Waals surface area contributed by atoms with E-state index in [1.807, 2.05) is 25.7 Å². The van der Waals surface area contributed by atoms with Gasteiger partial charge in [0.15, 0.2) is 5.96 Å². The summed E-state index contributed by atoms with van der Waals surface area (Å²) in [5.74, 6) is 0.402. The van der Waals surface area contributed by atoms with Gasteiger partial charge >= 0.3 is 0 Å². The first-order valence-corrected chi connectivity index (χ1v) is 6.20. The van der Waals surface area contributed by atoms with Gasteiger partial charge in [0.2, 0.25) is 5.91 Å². The number of carbonyl (C=O) groups excluding carboxylic acids is 1. The lowest BCUT2D eigenvalue weighted by Gasteiger charge is -2.23. The van der Waals surface area contributed by atoms with Crippen molar-refractivity contribution in [3.8, 4) is 0 Å². The van der Waals surface area contributed by atoms with Crippen LogP contribution in [0.4, 0.5) is 0 Å². The quantitative estimate of drug-likeness (QED) is 0.551. The SMILES string of the molecule is CC(N=C(N)NC(C)(C)C)C(=O)N1CCCC1. The van der Waals surface area contributed by atoms with E-state index in [0.29, 0.717) is 5.96 Å². The maximum atomic E-state index is 12.0. The van der Waals surface area contributed by atoms with Crippen molar-refractivity contribution in [2.45, 2.75) is 52.1 Å². The van der Waals surface area contributed by atoms with Gasteiger partial charge in [0.25, 0.3) is 0 Å². The van der Waals surface area contributed by atoms with E-state index >= 15 is 0 Å². The van der Waals surface area contributed by atoms with Gasteiger partial charge < -0.3 is 16.0 Å². The molecule has 3 N–H and O–H groups in total. The van der Waals surface area contributed by atoms with Crippen LogP contribution in [0.2, 0.25) is 0 Å². The van der Waals surface area contributed by atoms with Crippen molar-refractivity contribution in [1.82, 2.24) is 10.2 Å². The Morgan fingerprint density at radius 2 is 1.88 bits per heavy atom. The molecular weight excluding hydrogens is 216 g/mol. The molecule has 98 valence electrons. The summed E-state index contributed by atoms with van der Waals surface area (Å²) < 4.78 is 0. The summed E-state index contributed by atoms with van der Waals surface area (Å²) in [5.41, 5.74) is 5.63. The summed E-state index contributed by atoms with van der Waals surface area (Å²) in [6, 6.07) is -0.400. The Morgan fingerprint density at radius 3 is 2.35 bits per heavy atom. The zero-order valence-electron chi connectivity index (χ0n) is 11.3. The first kappa shape index (κ1) is 13.8. The number of nitrogens with zero attached hydrogens (tertiary/aromatic N) is 2. The zero-order valence-corrected chi connectivity index (χ0v) is 11.3. The second-order valence-electron chi connectivity index (χ2n) is 5.60. The van der Waals surface area contributed by atoms with Gasteiger partial charge in [-0.1, -0.05) is 0 Å². The molecule has 0 aromatic rings. The molecule has 1 fully saturated rings. The van der Waals surface area contributed by atoms with Gasteiger partial charge in [-0.05, 0) is 40.5 Å². The van der Waals surface area contributed by atoms with Crippen molar-refractivity contribution in [2.24, 2.45) is 10.7 Å². The van der Waals surface area contributed by atoms with Crippen LogP contribution in [0.25, 0.3) is 0 Å². The summed E-state index contributed by atoms with van der Waals surface area (Å²) in [6.45, 7) is 9.50. The smallest absolute Gasteiger partial charge is 0.247 e. The molecule has 1 heterocycles. The molecule has 1 aliphatic heterocycles. The highest BCUT2D eigenvalue weighted by Gasteiger charge is 2.23. The van der Waals surface area contributed by atoms with Crippen molar-refractivity contribution >= 4 is 11.9 Å². The number of likely N-dealkylation sites (tertiary alicyclic amines) is 1. The Kier molecular flexibility index (Phi) is 4.37. The summed E-state index contributed by atoms with van der Waals surface area (Å²) in [5, 5.41) is 3.05. The number of aliphatic imine (C=N–C) groups is 1. The van der Waals surface area contributed by atoms with Crippen LogP contribution in [-0.2, 0) is 4.79 Å². The summed E-state index contributed by atoms with van der Waals surface area (Å²) >= 11 is 0. The summed E-state index contributed by atoms with van der Waals surface area (Å²) in [6.07, 6.45) is 2.19. The molecule has 0 radical (unpaired) electrons. The Bertz CT molecular complexity index is 300. The van der Waals surface area contributed by atoms with Gasteiger partial charge in [-0.25, -0.2) is 4.99 Å². The van der Waals surface area contributed by atoms with Crippen LogP contribution in [0.5, 0.6) is 0 Å². The number of hydrogen-bond donors (Lipinski definition) is 2. The molecule has 1 aliphatic rings. The van der Waals surface area contributed by atoms with Crippen molar-refractivity contribution < 1.29 is 4.79 Å². The molecule has 0 bridgehead atoms. The number of carbonyl (C=O) groups is 1. The predicted molar refractivity (Wildman–Crippen MR) is 69.8 cm³/mol. The maximum Gasteiger partial charge on any atom is 0.247 e. The van der Waals surface area contributed by atoms with E-state index in [9.17, 15) is 4.79 Å². The second-order valence-corrected chi connectivity index (χ2v) is 5.60. The lowest BCUT2D eigenvalue weighted by atomic mass is 10.1. The Balaban J connectivity index is 2.54. The molecular formula is C12H24N4O. The molecule has 5 nitrogen and oxygen atoms in total. The van der Waals surface area contributed by atoms with Crippen molar-refractivity contribution in [3.63, 3.8) is 0 Å². The van der Waals surface area contributed by atoms with Crippen LogP contribution in [0.3, 0.4) is 0 Å². The van der Waals surface area contributed by atoms with Gasteiger partial charge in [0.05, 0.1) is 0 Å². The van der Waals surface area contributed by atoms with Crippen molar-refractivity contribution in [2.75, 3.05) is 13.1 Å². The molecule has 1 saturated heterocycles. The molecule has 17 heavy (non-hydrogen) atoms. The molecule has 1 amide bonds. The molecule has 0 aromatic carbocycles. The van der Waals surface area contributed by atoms with E-state index in [4.69, 9.17) is 5.73 Å². The molecule has 0 aromatic heterocycles. The fourth-order valence-electron chi connectivity index (χ4n) is 1.88. The van der Waals surface area contributed by atoms with Gasteiger partial charge in [-0.3, -0.25) is 4.79 Å². The highest BCUT2D eigenvalue weighted by molar-refractivity contribution is 5.86. The van der Waals surface area contributed by atoms with Gasteiger partial charge in [0.1, 0.15) is 6.04 Å². The Labute approximate surface area is 103 Å². The minimum atomic E-state index is -0.400. The van der Waals surface area contributed by atoms with Crippen LogP contribution in [0.1, 0.15) is 40.5 Å². The topological polar surface area (TPSA) is 70.7 Å².